The van der Waals surface area contributed by atoms with Crippen molar-refractivity contribution >= 4 is 0 Å². The maximum absolute atomic E-state index is 8.51. The first-order valence-corrected chi connectivity index (χ1v) is 4.32. The van der Waals surface area contributed by atoms with Gasteiger partial charge in [-0.2, -0.15) is 5.26 Å². The lowest BCUT2D eigenvalue weighted by Crippen LogP contribution is -2.11. The lowest BCUT2D eigenvalue weighted by atomic mass is 10.0. The van der Waals surface area contributed by atoms with Gasteiger partial charge < -0.3 is 10.5 Å². The molecule has 14 heavy (non-hydrogen) atoms. The third-order valence-corrected chi connectivity index (χ3v) is 2.05. The Morgan fingerprint density at radius 1 is 1.71 bits per heavy atom. The zero-order chi connectivity index (χ0) is 10.6. The van der Waals surface area contributed by atoms with Crippen molar-refractivity contribution in [2.24, 2.45) is 5.73 Å². The van der Waals surface area contributed by atoms with E-state index >= 15 is 0 Å². The normalized spacial score (nSPS) is 11.9. The zero-order valence-electron chi connectivity index (χ0n) is 8.32. The average molecular weight is 191 g/mol. The fraction of sp³-hybridized carbons (Fsp3) is 0.400. The van der Waals surface area contributed by atoms with E-state index in [0.717, 1.165) is 11.1 Å². The molecule has 0 fully saturated rings. The first kappa shape index (κ1) is 10.5. The van der Waals surface area contributed by atoms with E-state index in [4.69, 9.17) is 15.7 Å². The molecule has 1 rings (SSSR count). The van der Waals surface area contributed by atoms with Gasteiger partial charge >= 0.3 is 0 Å². The third-order valence-electron chi connectivity index (χ3n) is 2.05. The molecule has 0 amide bonds. The number of rotatable bonds is 3. The number of hydrogen-bond donors (Lipinski definition) is 1. The number of aromatic nitrogens is 1. The van der Waals surface area contributed by atoms with Crippen LogP contribution in [-0.2, 0) is 0 Å². The van der Waals surface area contributed by atoms with Gasteiger partial charge in [0.05, 0.1) is 19.6 Å². The van der Waals surface area contributed by atoms with Crippen molar-refractivity contribution in [3.63, 3.8) is 0 Å². The topological polar surface area (TPSA) is 71.9 Å². The summed E-state index contributed by atoms with van der Waals surface area (Å²) in [6.45, 7) is 1.93. The lowest BCUT2D eigenvalue weighted by molar-refractivity contribution is 0.397. The molecule has 1 aromatic heterocycles. The minimum Gasteiger partial charge on any atom is -0.481 e. The average Bonchev–Trinajstić information content (AvgIpc) is 2.17. The summed E-state index contributed by atoms with van der Waals surface area (Å²) in [7, 11) is 1.57. The second-order valence-corrected chi connectivity index (χ2v) is 3.05. The highest BCUT2D eigenvalue weighted by Crippen LogP contribution is 2.20. The van der Waals surface area contributed by atoms with E-state index in [1.165, 1.54) is 0 Å². The molecule has 1 atom stereocenters. The largest absolute Gasteiger partial charge is 0.481 e. The quantitative estimate of drug-likeness (QED) is 0.781. The van der Waals surface area contributed by atoms with Crippen molar-refractivity contribution in [3.8, 4) is 11.9 Å². The summed E-state index contributed by atoms with van der Waals surface area (Å²) in [5, 5.41) is 8.51. The summed E-state index contributed by atoms with van der Waals surface area (Å²) >= 11 is 0. The second-order valence-electron chi connectivity index (χ2n) is 3.05. The van der Waals surface area contributed by atoms with Gasteiger partial charge in [0.25, 0.3) is 0 Å². The van der Waals surface area contributed by atoms with Crippen LogP contribution in [0.2, 0.25) is 0 Å². The number of nitrogens with zero attached hydrogens (tertiary/aromatic N) is 2. The van der Waals surface area contributed by atoms with Crippen LogP contribution < -0.4 is 10.5 Å². The van der Waals surface area contributed by atoms with Gasteiger partial charge in [-0.25, -0.2) is 4.98 Å². The van der Waals surface area contributed by atoms with Gasteiger partial charge in [0.2, 0.25) is 5.88 Å². The number of nitrogens with two attached hydrogens (primary N) is 1. The Labute approximate surface area is 83.3 Å². The Kier molecular flexibility index (Phi) is 3.43. The maximum atomic E-state index is 8.51. The molecule has 0 aliphatic carbocycles. The second kappa shape index (κ2) is 4.58. The summed E-state index contributed by atoms with van der Waals surface area (Å²) in [5.74, 6) is 0.565. The molecule has 74 valence electrons. The predicted molar refractivity (Wildman–Crippen MR) is 52.7 cm³/mol. The van der Waals surface area contributed by atoms with E-state index in [0.29, 0.717) is 12.3 Å². The summed E-state index contributed by atoms with van der Waals surface area (Å²) in [5.41, 5.74) is 7.69. The van der Waals surface area contributed by atoms with Crippen molar-refractivity contribution in [2.45, 2.75) is 19.4 Å². The fourth-order valence-electron chi connectivity index (χ4n) is 1.25. The molecule has 1 aromatic rings. The minimum atomic E-state index is -0.265. The van der Waals surface area contributed by atoms with Crippen molar-refractivity contribution < 1.29 is 4.74 Å². The molecule has 0 saturated heterocycles. The number of methoxy groups -OCH3 is 1. The van der Waals surface area contributed by atoms with Crippen molar-refractivity contribution in [3.05, 3.63) is 23.4 Å². The van der Waals surface area contributed by atoms with Gasteiger partial charge in [-0.15, -0.1) is 0 Å². The summed E-state index contributed by atoms with van der Waals surface area (Å²) in [6, 6.07) is 3.58. The van der Waals surface area contributed by atoms with Gasteiger partial charge in [0.15, 0.2) is 0 Å². The molecule has 0 spiro atoms. The van der Waals surface area contributed by atoms with Crippen molar-refractivity contribution in [2.75, 3.05) is 7.11 Å². The Morgan fingerprint density at radius 3 is 2.93 bits per heavy atom. The first-order chi connectivity index (χ1) is 6.69. The number of aryl methyl sites for hydroxylation is 1. The van der Waals surface area contributed by atoms with E-state index in [1.807, 2.05) is 19.1 Å². The fourth-order valence-corrected chi connectivity index (χ4v) is 1.25. The summed E-state index contributed by atoms with van der Waals surface area (Å²) in [6.07, 6.45) is 1.96. The molecule has 0 aromatic carbocycles. The maximum Gasteiger partial charge on any atom is 0.213 e. The molecule has 1 heterocycles. The Morgan fingerprint density at radius 2 is 2.43 bits per heavy atom. The number of nitriles is 1. The third kappa shape index (κ3) is 2.21. The monoisotopic (exact) mass is 191 g/mol. The number of hydrogen-bond acceptors (Lipinski definition) is 4. The van der Waals surface area contributed by atoms with Crippen LogP contribution in [0.15, 0.2) is 12.3 Å². The van der Waals surface area contributed by atoms with Gasteiger partial charge in [-0.1, -0.05) is 0 Å². The lowest BCUT2D eigenvalue weighted by Gasteiger charge is -2.11. The van der Waals surface area contributed by atoms with Crippen LogP contribution in [-0.4, -0.2) is 12.1 Å². The van der Waals surface area contributed by atoms with Gasteiger partial charge in [0.1, 0.15) is 0 Å². The van der Waals surface area contributed by atoms with Crippen LogP contribution in [0, 0.1) is 18.3 Å². The highest BCUT2D eigenvalue weighted by Gasteiger charge is 2.09. The molecule has 0 radical (unpaired) electrons. The van der Waals surface area contributed by atoms with Crippen LogP contribution in [0.25, 0.3) is 0 Å². The van der Waals surface area contributed by atoms with Gasteiger partial charge in [0, 0.05) is 18.3 Å². The Hall–Kier alpha value is -1.60. The zero-order valence-corrected chi connectivity index (χ0v) is 8.32. The molecule has 0 saturated carbocycles. The highest BCUT2D eigenvalue weighted by atomic mass is 16.5. The number of pyridine rings is 1. The van der Waals surface area contributed by atoms with Crippen LogP contribution in [0.3, 0.4) is 0 Å². The molecule has 2 N–H and O–H groups in total. The number of ether oxygens (including phenoxy) is 1. The molecule has 0 aliphatic heterocycles. The molecular formula is C10H13N3O. The molecule has 4 nitrogen and oxygen atoms in total. The van der Waals surface area contributed by atoms with Crippen molar-refractivity contribution in [1.82, 2.24) is 4.98 Å². The minimum absolute atomic E-state index is 0.265. The molecule has 0 bridgehead atoms. The Balaban J connectivity index is 2.94. The smallest absolute Gasteiger partial charge is 0.213 e. The predicted octanol–water partition coefficient (Wildman–Crippen LogP) is 1.31. The van der Waals surface area contributed by atoms with Crippen LogP contribution in [0.4, 0.5) is 0 Å². The van der Waals surface area contributed by atoms with E-state index < -0.39 is 0 Å². The van der Waals surface area contributed by atoms with Crippen LogP contribution in [0.5, 0.6) is 5.88 Å². The SMILES string of the molecule is COc1cc(C)c([C@H](N)CC#N)cn1. The first-order valence-electron chi connectivity index (χ1n) is 4.32. The van der Waals surface area contributed by atoms with Crippen LogP contribution >= 0.6 is 0 Å². The van der Waals surface area contributed by atoms with Crippen molar-refractivity contribution in [1.29, 1.82) is 5.26 Å². The molecular weight excluding hydrogens is 178 g/mol. The summed E-state index contributed by atoms with van der Waals surface area (Å²) in [4.78, 5) is 4.05. The molecule has 0 aliphatic rings. The van der Waals surface area contributed by atoms with Gasteiger partial charge in [-0.3, -0.25) is 0 Å². The Bertz CT molecular complexity index is 357. The van der Waals surface area contributed by atoms with E-state index in [1.54, 1.807) is 13.3 Å². The van der Waals surface area contributed by atoms with Crippen LogP contribution in [0.1, 0.15) is 23.6 Å². The van der Waals surface area contributed by atoms with Gasteiger partial charge in [-0.05, 0) is 18.1 Å². The molecule has 4 heteroatoms. The standard InChI is InChI=1S/C10H13N3O/c1-7-5-10(14-2)13-6-8(7)9(12)3-4-11/h5-6,9H,3,12H2,1-2H3/t9-/m1/s1. The van der Waals surface area contributed by atoms with E-state index in [-0.39, 0.29) is 6.04 Å². The van der Waals surface area contributed by atoms with E-state index in [2.05, 4.69) is 4.98 Å². The summed E-state index contributed by atoms with van der Waals surface area (Å²) < 4.78 is 4.97. The van der Waals surface area contributed by atoms with E-state index in [9.17, 15) is 0 Å². The highest BCUT2D eigenvalue weighted by molar-refractivity contribution is 5.30. The molecule has 0 unspecified atom stereocenters.